The van der Waals surface area contributed by atoms with Gasteiger partial charge in [0.15, 0.2) is 0 Å². The molecule has 2 fully saturated rings. The van der Waals surface area contributed by atoms with Crippen LogP contribution >= 0.6 is 0 Å². The van der Waals surface area contributed by atoms with Gasteiger partial charge in [0.05, 0.1) is 18.6 Å². The Morgan fingerprint density at radius 2 is 2.00 bits per heavy atom. The molecule has 1 heterocycles. The number of carbonyl (C=O) groups is 1. The van der Waals surface area contributed by atoms with Crippen LogP contribution in [0.4, 0.5) is 0 Å². The second kappa shape index (κ2) is 1.45. The second-order valence-corrected chi connectivity index (χ2v) is 4.06. The van der Waals surface area contributed by atoms with E-state index in [0.717, 1.165) is 6.42 Å². The number of Topliss-reactive ketones (excluding diaryl/α,β-unsaturated/α-hetero) is 1. The predicted molar refractivity (Wildman–Crippen MR) is 36.7 cm³/mol. The van der Waals surface area contributed by atoms with Gasteiger partial charge in [0.25, 0.3) is 0 Å². The van der Waals surface area contributed by atoms with E-state index in [1.165, 1.54) is 0 Å². The number of carbonyl (C=O) groups excluding carboxylic acids is 1. The summed E-state index contributed by atoms with van der Waals surface area (Å²) in [6.07, 6.45) is 0.746. The summed E-state index contributed by atoms with van der Waals surface area (Å²) in [7, 11) is 0. The van der Waals surface area contributed by atoms with E-state index >= 15 is 0 Å². The summed E-state index contributed by atoms with van der Waals surface area (Å²) in [5.41, 5.74) is 0.148. The number of hydrogen-bond acceptors (Lipinski definition) is 2. The third-order valence-electron chi connectivity index (χ3n) is 3.13. The average molecular weight is 140 g/mol. The highest BCUT2D eigenvalue weighted by molar-refractivity contribution is 5.93. The molecule has 0 aromatic carbocycles. The van der Waals surface area contributed by atoms with Crippen LogP contribution in [0.1, 0.15) is 20.3 Å². The Morgan fingerprint density at radius 1 is 1.40 bits per heavy atom. The monoisotopic (exact) mass is 140 g/mol. The average Bonchev–Trinajstić information content (AvgIpc) is 1.55. The van der Waals surface area contributed by atoms with Gasteiger partial charge in [0.2, 0.25) is 0 Å². The summed E-state index contributed by atoms with van der Waals surface area (Å²) in [6, 6.07) is 0. The van der Waals surface area contributed by atoms with Crippen molar-refractivity contribution >= 4 is 5.78 Å². The van der Waals surface area contributed by atoms with Crippen molar-refractivity contribution in [2.75, 3.05) is 13.2 Å². The fourth-order valence-electron chi connectivity index (χ4n) is 1.87. The summed E-state index contributed by atoms with van der Waals surface area (Å²) in [5.74, 6) is 0.406. The van der Waals surface area contributed by atoms with Crippen molar-refractivity contribution in [1.29, 1.82) is 0 Å². The van der Waals surface area contributed by atoms with Crippen molar-refractivity contribution in [2.24, 2.45) is 10.8 Å². The summed E-state index contributed by atoms with van der Waals surface area (Å²) >= 11 is 0. The Hall–Kier alpha value is -0.370. The first-order chi connectivity index (χ1) is 4.58. The maximum Gasteiger partial charge on any atom is 0.144 e. The molecule has 1 saturated heterocycles. The Morgan fingerprint density at radius 3 is 2.10 bits per heavy atom. The first-order valence-electron chi connectivity index (χ1n) is 3.70. The molecule has 2 nitrogen and oxygen atoms in total. The molecule has 2 rings (SSSR count). The zero-order chi connectivity index (χ0) is 7.41. The number of ether oxygens (including phenoxy) is 1. The van der Waals surface area contributed by atoms with E-state index in [0.29, 0.717) is 19.0 Å². The maximum atomic E-state index is 11.2. The molecule has 2 aliphatic rings. The standard InChI is InChI=1S/C8H12O2/c1-7(2)3-6(9)8(7)4-10-5-8/h3-5H2,1-2H3. The van der Waals surface area contributed by atoms with Gasteiger partial charge in [0, 0.05) is 6.42 Å². The van der Waals surface area contributed by atoms with E-state index in [2.05, 4.69) is 13.8 Å². The van der Waals surface area contributed by atoms with Gasteiger partial charge in [-0.15, -0.1) is 0 Å². The fraction of sp³-hybridized carbons (Fsp3) is 0.875. The van der Waals surface area contributed by atoms with Crippen LogP contribution in [0.25, 0.3) is 0 Å². The minimum atomic E-state index is -0.0625. The first kappa shape index (κ1) is 6.35. The molecule has 56 valence electrons. The largest absolute Gasteiger partial charge is 0.379 e. The van der Waals surface area contributed by atoms with Gasteiger partial charge in [0.1, 0.15) is 5.78 Å². The van der Waals surface area contributed by atoms with Gasteiger partial charge >= 0.3 is 0 Å². The molecule has 1 aliphatic heterocycles. The summed E-state index contributed by atoms with van der Waals surface area (Å²) < 4.78 is 5.07. The topological polar surface area (TPSA) is 26.3 Å². The lowest BCUT2D eigenvalue weighted by molar-refractivity contribution is -0.217. The molecular weight excluding hydrogens is 128 g/mol. The highest BCUT2D eigenvalue weighted by atomic mass is 16.5. The van der Waals surface area contributed by atoms with E-state index in [-0.39, 0.29) is 10.8 Å². The number of rotatable bonds is 0. The van der Waals surface area contributed by atoms with Crippen molar-refractivity contribution < 1.29 is 9.53 Å². The molecule has 0 bridgehead atoms. The lowest BCUT2D eigenvalue weighted by Crippen LogP contribution is -2.66. The van der Waals surface area contributed by atoms with Crippen molar-refractivity contribution in [1.82, 2.24) is 0 Å². The summed E-state index contributed by atoms with van der Waals surface area (Å²) in [6.45, 7) is 5.63. The van der Waals surface area contributed by atoms with Gasteiger partial charge in [-0.3, -0.25) is 4.79 Å². The van der Waals surface area contributed by atoms with Crippen LogP contribution in [-0.4, -0.2) is 19.0 Å². The van der Waals surface area contributed by atoms with Crippen LogP contribution in [0.3, 0.4) is 0 Å². The number of hydrogen-bond donors (Lipinski definition) is 0. The zero-order valence-electron chi connectivity index (χ0n) is 6.44. The van der Waals surface area contributed by atoms with Crippen LogP contribution in [0, 0.1) is 10.8 Å². The van der Waals surface area contributed by atoms with Gasteiger partial charge in [-0.1, -0.05) is 13.8 Å². The molecule has 0 N–H and O–H groups in total. The molecule has 0 amide bonds. The summed E-state index contributed by atoms with van der Waals surface area (Å²) in [5, 5.41) is 0. The zero-order valence-corrected chi connectivity index (χ0v) is 6.44. The Labute approximate surface area is 60.6 Å². The molecule has 1 aliphatic carbocycles. The third kappa shape index (κ3) is 0.439. The highest BCUT2D eigenvalue weighted by Crippen LogP contribution is 2.57. The SMILES string of the molecule is CC1(C)CC(=O)C12COC2. The van der Waals surface area contributed by atoms with Gasteiger partial charge in [-0.2, -0.15) is 0 Å². The minimum Gasteiger partial charge on any atom is -0.379 e. The predicted octanol–water partition coefficient (Wildman–Crippen LogP) is 1.00. The van der Waals surface area contributed by atoms with E-state index in [1.807, 2.05) is 0 Å². The molecule has 1 saturated carbocycles. The van der Waals surface area contributed by atoms with Crippen molar-refractivity contribution in [2.45, 2.75) is 20.3 Å². The third-order valence-corrected chi connectivity index (χ3v) is 3.13. The van der Waals surface area contributed by atoms with Crippen LogP contribution in [0.5, 0.6) is 0 Å². The van der Waals surface area contributed by atoms with Crippen molar-refractivity contribution in [3.05, 3.63) is 0 Å². The first-order valence-corrected chi connectivity index (χ1v) is 3.70. The van der Waals surface area contributed by atoms with E-state index in [9.17, 15) is 4.79 Å². The lowest BCUT2D eigenvalue weighted by Gasteiger charge is -2.58. The Kier molecular flexibility index (Phi) is 0.919. The van der Waals surface area contributed by atoms with E-state index < -0.39 is 0 Å². The quantitative estimate of drug-likeness (QED) is 0.501. The van der Waals surface area contributed by atoms with Crippen LogP contribution in [0.15, 0.2) is 0 Å². The Balaban J connectivity index is 2.26. The molecule has 0 atom stereocenters. The Bertz CT molecular complexity index is 189. The van der Waals surface area contributed by atoms with Crippen LogP contribution < -0.4 is 0 Å². The van der Waals surface area contributed by atoms with E-state index in [1.54, 1.807) is 0 Å². The molecule has 0 unspecified atom stereocenters. The van der Waals surface area contributed by atoms with E-state index in [4.69, 9.17) is 4.74 Å². The van der Waals surface area contributed by atoms with Crippen molar-refractivity contribution in [3.8, 4) is 0 Å². The minimum absolute atomic E-state index is 0.0625. The van der Waals surface area contributed by atoms with Crippen molar-refractivity contribution in [3.63, 3.8) is 0 Å². The van der Waals surface area contributed by atoms with Gasteiger partial charge < -0.3 is 4.74 Å². The summed E-state index contributed by atoms with van der Waals surface area (Å²) in [4.78, 5) is 11.2. The molecule has 0 aromatic rings. The van der Waals surface area contributed by atoms with Crippen LogP contribution in [-0.2, 0) is 9.53 Å². The lowest BCUT2D eigenvalue weighted by atomic mass is 9.49. The maximum absolute atomic E-state index is 11.2. The second-order valence-electron chi connectivity index (χ2n) is 4.06. The molecular formula is C8H12O2. The highest BCUT2D eigenvalue weighted by Gasteiger charge is 2.64. The smallest absolute Gasteiger partial charge is 0.144 e. The molecule has 1 spiro atoms. The molecule has 0 radical (unpaired) electrons. The van der Waals surface area contributed by atoms with Gasteiger partial charge in [-0.05, 0) is 5.41 Å². The fourth-order valence-corrected chi connectivity index (χ4v) is 1.87. The van der Waals surface area contributed by atoms with Crippen LogP contribution in [0.2, 0.25) is 0 Å². The van der Waals surface area contributed by atoms with Gasteiger partial charge in [-0.25, -0.2) is 0 Å². The molecule has 10 heavy (non-hydrogen) atoms. The number of ketones is 1. The molecule has 2 heteroatoms. The normalized spacial score (nSPS) is 33.2. The molecule has 0 aromatic heterocycles.